The van der Waals surface area contributed by atoms with Crippen molar-refractivity contribution in [3.05, 3.63) is 80.6 Å². The Bertz CT molecular complexity index is 1180. The number of pyridine rings is 1. The zero-order valence-electron chi connectivity index (χ0n) is 17.2. The molecule has 1 aromatic heterocycles. The van der Waals surface area contributed by atoms with E-state index in [1.165, 1.54) is 19.5 Å². The van der Waals surface area contributed by atoms with Gasteiger partial charge in [0, 0.05) is 34.8 Å². The number of nitrogens with one attached hydrogen (secondary N) is 1. The number of nitriles is 1. The van der Waals surface area contributed by atoms with Gasteiger partial charge in [0.15, 0.2) is 0 Å². The van der Waals surface area contributed by atoms with E-state index in [2.05, 4.69) is 11.1 Å². The van der Waals surface area contributed by atoms with Crippen molar-refractivity contribution in [2.45, 2.75) is 20.0 Å². The summed E-state index contributed by atoms with van der Waals surface area (Å²) in [6, 6.07) is 10.6. The van der Waals surface area contributed by atoms with Gasteiger partial charge in [0.05, 0.1) is 28.4 Å². The Kier molecular flexibility index (Phi) is 6.69. The molecule has 3 aromatic rings. The molecule has 0 saturated heterocycles. The highest BCUT2D eigenvalue weighted by molar-refractivity contribution is 6.35. The van der Waals surface area contributed by atoms with Crippen molar-refractivity contribution in [3.63, 3.8) is 0 Å². The van der Waals surface area contributed by atoms with Gasteiger partial charge in [0.1, 0.15) is 23.7 Å². The monoisotopic (exact) mass is 454 g/mol. The SMILES string of the molecule is COc1c(C)cc(C(=N)c2cc(O[C@H](C)c3c(Cl)cncc3Cl)ccc2N)cc1C#N. The second-order valence-corrected chi connectivity index (χ2v) is 7.70. The maximum atomic E-state index is 9.43. The number of halogens is 2. The Labute approximate surface area is 190 Å². The average molecular weight is 455 g/mol. The molecule has 3 rings (SSSR count). The maximum Gasteiger partial charge on any atom is 0.139 e. The number of nitrogen functional groups attached to an aromatic ring is 1. The number of nitrogens with zero attached hydrogens (tertiary/aromatic N) is 2. The second-order valence-electron chi connectivity index (χ2n) is 6.89. The number of hydrogen-bond donors (Lipinski definition) is 2. The second kappa shape index (κ2) is 9.25. The first kappa shape index (κ1) is 22.4. The van der Waals surface area contributed by atoms with Crippen molar-refractivity contribution in [2.75, 3.05) is 12.8 Å². The van der Waals surface area contributed by atoms with Crippen molar-refractivity contribution in [1.29, 1.82) is 10.7 Å². The summed E-state index contributed by atoms with van der Waals surface area (Å²) in [6.45, 7) is 3.64. The number of aryl methyl sites for hydroxylation is 1. The van der Waals surface area contributed by atoms with E-state index in [9.17, 15) is 5.26 Å². The topological polar surface area (TPSA) is 105 Å². The van der Waals surface area contributed by atoms with Gasteiger partial charge in [-0.3, -0.25) is 10.4 Å². The highest BCUT2D eigenvalue weighted by Gasteiger charge is 2.18. The van der Waals surface area contributed by atoms with Crippen molar-refractivity contribution < 1.29 is 9.47 Å². The van der Waals surface area contributed by atoms with Crippen LogP contribution in [0.15, 0.2) is 42.7 Å². The number of aromatic nitrogens is 1. The van der Waals surface area contributed by atoms with Crippen LogP contribution in [-0.4, -0.2) is 17.8 Å². The summed E-state index contributed by atoms with van der Waals surface area (Å²) in [6.07, 6.45) is 2.55. The minimum Gasteiger partial charge on any atom is -0.495 e. The number of rotatable bonds is 6. The van der Waals surface area contributed by atoms with Gasteiger partial charge in [-0.1, -0.05) is 23.2 Å². The largest absolute Gasteiger partial charge is 0.495 e. The third kappa shape index (κ3) is 4.58. The minimum atomic E-state index is -0.456. The predicted molar refractivity (Wildman–Crippen MR) is 123 cm³/mol. The van der Waals surface area contributed by atoms with Gasteiger partial charge in [-0.05, 0) is 49.7 Å². The molecule has 0 bridgehead atoms. The Morgan fingerprint density at radius 3 is 2.48 bits per heavy atom. The smallest absolute Gasteiger partial charge is 0.139 e. The Morgan fingerprint density at radius 2 is 1.87 bits per heavy atom. The zero-order chi connectivity index (χ0) is 22.7. The minimum absolute atomic E-state index is 0.165. The Balaban J connectivity index is 1.96. The van der Waals surface area contributed by atoms with Crippen molar-refractivity contribution in [2.24, 2.45) is 0 Å². The fraction of sp³-hybridized carbons (Fsp3) is 0.174. The molecule has 0 saturated carbocycles. The molecule has 1 heterocycles. The van der Waals surface area contributed by atoms with E-state index in [0.717, 1.165) is 5.56 Å². The number of nitrogens with two attached hydrogens (primary N) is 1. The standard InChI is InChI=1S/C23H20Cl2N4O2/c1-12-6-14(7-15(9-26)23(12)30-3)22(28)17-8-16(4-5-20(17)27)31-13(2)21-18(24)10-29-11-19(21)25/h4-8,10-11,13,28H,27H2,1-3H3/t13-/m1/s1. The van der Waals surface area contributed by atoms with Crippen LogP contribution in [0.3, 0.4) is 0 Å². The highest BCUT2D eigenvalue weighted by atomic mass is 35.5. The van der Waals surface area contributed by atoms with Crippen LogP contribution >= 0.6 is 23.2 Å². The van der Waals surface area contributed by atoms with Gasteiger partial charge < -0.3 is 15.2 Å². The summed E-state index contributed by atoms with van der Waals surface area (Å²) in [5.41, 5.74) is 9.47. The van der Waals surface area contributed by atoms with E-state index in [-0.39, 0.29) is 5.71 Å². The zero-order valence-corrected chi connectivity index (χ0v) is 18.7. The molecule has 8 heteroatoms. The van der Waals surface area contributed by atoms with Crippen LogP contribution in [0.2, 0.25) is 10.0 Å². The molecule has 0 fully saturated rings. The highest BCUT2D eigenvalue weighted by Crippen LogP contribution is 2.34. The molecule has 0 amide bonds. The summed E-state index contributed by atoms with van der Waals surface area (Å²) in [5, 5.41) is 18.9. The molecule has 6 nitrogen and oxygen atoms in total. The molecule has 0 aliphatic carbocycles. The van der Waals surface area contributed by atoms with Crippen LogP contribution in [-0.2, 0) is 0 Å². The number of benzene rings is 2. The third-order valence-electron chi connectivity index (χ3n) is 4.79. The fourth-order valence-corrected chi connectivity index (χ4v) is 4.00. The molecule has 0 unspecified atom stereocenters. The lowest BCUT2D eigenvalue weighted by Crippen LogP contribution is -2.09. The quantitative estimate of drug-likeness (QED) is 0.366. The maximum absolute atomic E-state index is 9.43. The van der Waals surface area contributed by atoms with Gasteiger partial charge in [0.25, 0.3) is 0 Å². The summed E-state index contributed by atoms with van der Waals surface area (Å²) in [4.78, 5) is 3.95. The van der Waals surface area contributed by atoms with Crippen molar-refractivity contribution >= 4 is 34.6 Å². The van der Waals surface area contributed by atoms with Gasteiger partial charge in [0.2, 0.25) is 0 Å². The Hall–Kier alpha value is -3.27. The normalized spacial score (nSPS) is 11.5. The lowest BCUT2D eigenvalue weighted by atomic mass is 9.96. The van der Waals surface area contributed by atoms with E-state index in [1.807, 2.05) is 13.8 Å². The van der Waals surface area contributed by atoms with Gasteiger partial charge in [-0.15, -0.1) is 0 Å². The summed E-state index contributed by atoms with van der Waals surface area (Å²) in [7, 11) is 1.51. The van der Waals surface area contributed by atoms with Crippen LogP contribution in [0.4, 0.5) is 5.69 Å². The summed E-state index contributed by atoms with van der Waals surface area (Å²) in [5.74, 6) is 0.986. The van der Waals surface area contributed by atoms with Crippen molar-refractivity contribution in [1.82, 2.24) is 4.98 Å². The predicted octanol–water partition coefficient (Wildman–Crippen LogP) is 5.72. The Morgan fingerprint density at radius 1 is 1.19 bits per heavy atom. The van der Waals surface area contributed by atoms with Gasteiger partial charge in [-0.25, -0.2) is 0 Å². The first-order chi connectivity index (χ1) is 14.8. The third-order valence-corrected chi connectivity index (χ3v) is 5.39. The van der Waals surface area contributed by atoms with Crippen LogP contribution in [0.1, 0.15) is 40.8 Å². The summed E-state index contributed by atoms with van der Waals surface area (Å²) < 4.78 is 11.3. The van der Waals surface area contributed by atoms with Crippen LogP contribution < -0.4 is 15.2 Å². The molecule has 2 aromatic carbocycles. The number of anilines is 1. The van der Waals surface area contributed by atoms with Crippen LogP contribution in [0.5, 0.6) is 11.5 Å². The van der Waals surface area contributed by atoms with Gasteiger partial charge in [-0.2, -0.15) is 5.26 Å². The molecule has 0 aliphatic heterocycles. The molecule has 0 aliphatic rings. The molecule has 3 N–H and O–H groups in total. The molecule has 158 valence electrons. The van der Waals surface area contributed by atoms with Crippen molar-refractivity contribution in [3.8, 4) is 17.6 Å². The average Bonchev–Trinajstić information content (AvgIpc) is 2.73. The molecule has 1 atom stereocenters. The van der Waals surface area contributed by atoms with E-state index in [1.54, 1.807) is 30.3 Å². The van der Waals surface area contributed by atoms with E-state index < -0.39 is 6.10 Å². The fourth-order valence-electron chi connectivity index (χ4n) is 3.33. The first-order valence-corrected chi connectivity index (χ1v) is 10.1. The first-order valence-electron chi connectivity index (χ1n) is 9.29. The molecule has 0 spiro atoms. The lowest BCUT2D eigenvalue weighted by molar-refractivity contribution is 0.227. The summed E-state index contributed by atoms with van der Waals surface area (Å²) >= 11 is 12.5. The number of ether oxygens (including phenoxy) is 2. The van der Waals surface area contributed by atoms with Gasteiger partial charge >= 0.3 is 0 Å². The van der Waals surface area contributed by atoms with Crippen LogP contribution in [0, 0.1) is 23.7 Å². The molecule has 31 heavy (non-hydrogen) atoms. The number of methoxy groups -OCH3 is 1. The van der Waals surface area contributed by atoms with Crippen LogP contribution in [0.25, 0.3) is 0 Å². The van der Waals surface area contributed by atoms with E-state index in [4.69, 9.17) is 43.8 Å². The number of hydrogen-bond acceptors (Lipinski definition) is 6. The molecular formula is C23H20Cl2N4O2. The van der Waals surface area contributed by atoms with E-state index >= 15 is 0 Å². The van der Waals surface area contributed by atoms with E-state index in [0.29, 0.717) is 49.5 Å². The molecule has 0 radical (unpaired) electrons. The molecular weight excluding hydrogens is 435 g/mol. The lowest BCUT2D eigenvalue weighted by Gasteiger charge is -2.19.